The van der Waals surface area contributed by atoms with Crippen molar-refractivity contribution in [1.82, 2.24) is 0 Å². The molecule has 0 saturated carbocycles. The number of nitrogens with one attached hydrogen (secondary N) is 1. The number of carbonyl (C=O) groups excluding carboxylic acids is 3. The molecule has 124 valence electrons. The third-order valence-electron chi connectivity index (χ3n) is 3.52. The fourth-order valence-corrected chi connectivity index (χ4v) is 2.21. The van der Waals surface area contributed by atoms with Crippen LogP contribution in [0.25, 0.3) is 0 Å². The van der Waals surface area contributed by atoms with Crippen LogP contribution < -0.4 is 5.32 Å². The summed E-state index contributed by atoms with van der Waals surface area (Å²) in [4.78, 5) is 34.7. The van der Waals surface area contributed by atoms with Crippen LogP contribution in [-0.4, -0.2) is 24.5 Å². The topological polar surface area (TPSA) is 81.7 Å². The van der Waals surface area contributed by atoms with E-state index in [4.69, 9.17) is 9.47 Å². The average molecular weight is 319 g/mol. The van der Waals surface area contributed by atoms with Crippen LogP contribution >= 0.6 is 0 Å². The van der Waals surface area contributed by atoms with Crippen molar-refractivity contribution in [2.24, 2.45) is 0 Å². The summed E-state index contributed by atoms with van der Waals surface area (Å²) in [6.45, 7) is 2.74. The number of fused-ring (bicyclic) bond motifs is 1. The van der Waals surface area contributed by atoms with Crippen molar-refractivity contribution < 1.29 is 23.9 Å². The van der Waals surface area contributed by atoms with Gasteiger partial charge in [0.05, 0.1) is 12.2 Å². The second kappa shape index (κ2) is 8.31. The number of carbonyl (C=O) groups is 3. The molecule has 1 aromatic carbocycles. The molecule has 1 aliphatic heterocycles. The van der Waals surface area contributed by atoms with E-state index in [1.54, 1.807) is 18.2 Å². The number of ether oxygens (including phenoxy) is 2. The predicted molar refractivity (Wildman–Crippen MR) is 83.9 cm³/mol. The normalized spacial score (nSPS) is 12.5. The van der Waals surface area contributed by atoms with Gasteiger partial charge in [-0.05, 0) is 25.0 Å². The molecular weight excluding hydrogens is 298 g/mol. The summed E-state index contributed by atoms with van der Waals surface area (Å²) in [6.07, 6.45) is 2.72. The lowest BCUT2D eigenvalue weighted by molar-refractivity contribution is -0.143. The molecule has 0 unspecified atom stereocenters. The zero-order valence-corrected chi connectivity index (χ0v) is 13.2. The van der Waals surface area contributed by atoms with E-state index < -0.39 is 0 Å². The lowest BCUT2D eigenvalue weighted by Crippen LogP contribution is -2.13. The molecule has 0 saturated heterocycles. The molecule has 0 bridgehead atoms. The summed E-state index contributed by atoms with van der Waals surface area (Å²) < 4.78 is 9.93. The lowest BCUT2D eigenvalue weighted by atomic mass is 10.1. The van der Waals surface area contributed by atoms with Crippen LogP contribution in [0.5, 0.6) is 0 Å². The third-order valence-corrected chi connectivity index (χ3v) is 3.52. The van der Waals surface area contributed by atoms with Crippen LogP contribution in [0, 0.1) is 0 Å². The first-order valence-corrected chi connectivity index (χ1v) is 7.85. The van der Waals surface area contributed by atoms with Crippen molar-refractivity contribution >= 4 is 23.5 Å². The Hall–Kier alpha value is -2.37. The van der Waals surface area contributed by atoms with E-state index in [1.807, 2.05) is 6.92 Å². The van der Waals surface area contributed by atoms with E-state index >= 15 is 0 Å². The minimum atomic E-state index is -0.370. The van der Waals surface area contributed by atoms with Gasteiger partial charge in [0.25, 0.3) is 0 Å². The van der Waals surface area contributed by atoms with Gasteiger partial charge in [-0.3, -0.25) is 9.59 Å². The molecule has 0 radical (unpaired) electrons. The second-order valence-corrected chi connectivity index (χ2v) is 5.42. The monoisotopic (exact) mass is 319 g/mol. The van der Waals surface area contributed by atoms with E-state index in [1.165, 1.54) is 0 Å². The van der Waals surface area contributed by atoms with Crippen LogP contribution in [0.3, 0.4) is 0 Å². The number of hydrogen-bond acceptors (Lipinski definition) is 5. The van der Waals surface area contributed by atoms with Gasteiger partial charge in [0.1, 0.15) is 6.61 Å². The van der Waals surface area contributed by atoms with Crippen molar-refractivity contribution in [3.8, 4) is 0 Å². The van der Waals surface area contributed by atoms with E-state index in [-0.39, 0.29) is 37.3 Å². The first-order valence-electron chi connectivity index (χ1n) is 7.85. The molecule has 1 heterocycles. The fourth-order valence-electron chi connectivity index (χ4n) is 2.21. The van der Waals surface area contributed by atoms with Crippen molar-refractivity contribution in [3.63, 3.8) is 0 Å². The maximum Gasteiger partial charge on any atom is 0.338 e. The number of anilines is 1. The summed E-state index contributed by atoms with van der Waals surface area (Å²) in [5, 5.41) is 2.72. The average Bonchev–Trinajstić information content (AvgIpc) is 2.89. The van der Waals surface area contributed by atoms with Gasteiger partial charge in [-0.2, -0.15) is 0 Å². The van der Waals surface area contributed by atoms with Crippen LogP contribution in [0.2, 0.25) is 0 Å². The molecule has 0 fully saturated rings. The minimum Gasteiger partial charge on any atom is -0.466 e. The van der Waals surface area contributed by atoms with E-state index in [9.17, 15) is 14.4 Å². The molecule has 23 heavy (non-hydrogen) atoms. The quantitative estimate of drug-likeness (QED) is 0.588. The van der Waals surface area contributed by atoms with Crippen LogP contribution in [-0.2, 0) is 25.7 Å². The molecule has 2 rings (SSSR count). The van der Waals surface area contributed by atoms with Crippen molar-refractivity contribution in [2.75, 3.05) is 11.9 Å². The Labute approximate surface area is 135 Å². The highest BCUT2D eigenvalue weighted by molar-refractivity contribution is 5.97. The van der Waals surface area contributed by atoms with Gasteiger partial charge in [-0.25, -0.2) is 4.79 Å². The van der Waals surface area contributed by atoms with Crippen molar-refractivity contribution in [3.05, 3.63) is 29.3 Å². The number of rotatable bonds is 8. The Balaban J connectivity index is 1.72. The zero-order chi connectivity index (χ0) is 16.7. The summed E-state index contributed by atoms with van der Waals surface area (Å²) >= 11 is 0. The van der Waals surface area contributed by atoms with Gasteiger partial charge in [0.2, 0.25) is 5.91 Å². The summed E-state index contributed by atoms with van der Waals surface area (Å²) in [6, 6.07) is 5.11. The third kappa shape index (κ3) is 5.09. The van der Waals surface area contributed by atoms with E-state index in [0.29, 0.717) is 24.3 Å². The molecule has 0 aliphatic carbocycles. The number of unbranched alkanes of at least 4 members (excludes halogenated alkanes) is 1. The molecule has 6 heteroatoms. The summed E-state index contributed by atoms with van der Waals surface area (Å²) in [7, 11) is 0. The molecule has 0 atom stereocenters. The Morgan fingerprint density at radius 1 is 1.26 bits per heavy atom. The molecule has 0 aromatic heterocycles. The molecule has 6 nitrogen and oxygen atoms in total. The summed E-state index contributed by atoms with van der Waals surface area (Å²) in [5.74, 6) is -0.838. The van der Waals surface area contributed by atoms with Gasteiger partial charge in [0, 0.05) is 24.1 Å². The molecule has 0 spiro atoms. The van der Waals surface area contributed by atoms with Gasteiger partial charge >= 0.3 is 11.9 Å². The molecule has 1 aliphatic rings. The zero-order valence-electron chi connectivity index (χ0n) is 13.2. The Bertz CT molecular complexity index is 597. The first kappa shape index (κ1) is 17.0. The largest absolute Gasteiger partial charge is 0.466 e. The molecule has 1 amide bonds. The van der Waals surface area contributed by atoms with Crippen LogP contribution in [0.1, 0.15) is 54.9 Å². The number of benzene rings is 1. The molecule has 1 aromatic rings. The van der Waals surface area contributed by atoms with Crippen LogP contribution in [0.4, 0.5) is 5.69 Å². The van der Waals surface area contributed by atoms with Crippen molar-refractivity contribution in [1.29, 1.82) is 0 Å². The predicted octanol–water partition coefficient (Wildman–Crippen LogP) is 2.81. The highest BCUT2D eigenvalue weighted by atomic mass is 16.5. The standard InChI is InChI=1S/C17H21NO5/c1-2-3-9-22-16(20)6-4-5-15(19)18-13-8-7-12-11-23-17(21)14(12)10-13/h7-8,10H,2-6,9,11H2,1H3,(H,18,19). The SMILES string of the molecule is CCCCOC(=O)CCCC(=O)Nc1ccc2c(c1)C(=O)OC2. The van der Waals surface area contributed by atoms with Gasteiger partial charge in [0.15, 0.2) is 0 Å². The molecular formula is C17H21NO5. The minimum absolute atomic E-state index is 0.197. The highest BCUT2D eigenvalue weighted by Crippen LogP contribution is 2.23. The molecule has 1 N–H and O–H groups in total. The van der Waals surface area contributed by atoms with Gasteiger partial charge < -0.3 is 14.8 Å². The first-order chi connectivity index (χ1) is 11.1. The fraction of sp³-hybridized carbons (Fsp3) is 0.471. The number of esters is 2. The second-order valence-electron chi connectivity index (χ2n) is 5.42. The van der Waals surface area contributed by atoms with E-state index in [2.05, 4.69) is 5.32 Å². The van der Waals surface area contributed by atoms with Crippen LogP contribution in [0.15, 0.2) is 18.2 Å². The lowest BCUT2D eigenvalue weighted by Gasteiger charge is -2.06. The van der Waals surface area contributed by atoms with Crippen molar-refractivity contribution in [2.45, 2.75) is 45.6 Å². The maximum absolute atomic E-state index is 11.9. The maximum atomic E-state index is 11.9. The Kier molecular flexibility index (Phi) is 6.14. The van der Waals surface area contributed by atoms with E-state index in [0.717, 1.165) is 18.4 Å². The number of cyclic esters (lactones) is 1. The smallest absolute Gasteiger partial charge is 0.338 e. The summed E-state index contributed by atoms with van der Waals surface area (Å²) in [5.41, 5.74) is 1.86. The van der Waals surface area contributed by atoms with Gasteiger partial charge in [-0.1, -0.05) is 19.4 Å². The highest BCUT2D eigenvalue weighted by Gasteiger charge is 2.21. The number of hydrogen-bond donors (Lipinski definition) is 1. The van der Waals surface area contributed by atoms with Gasteiger partial charge in [-0.15, -0.1) is 0 Å². The number of amides is 1. The Morgan fingerprint density at radius 3 is 2.87 bits per heavy atom. The Morgan fingerprint density at radius 2 is 2.09 bits per heavy atom.